The monoisotopic (exact) mass is 258 g/mol. The number of hydrogen-bond acceptors (Lipinski definition) is 0. The zero-order chi connectivity index (χ0) is 13.8. The Hall–Kier alpha value is -1.96. The smallest absolute Gasteiger partial charge is 0.131 e. The van der Waals surface area contributed by atoms with Crippen LogP contribution in [0.2, 0.25) is 0 Å². The van der Waals surface area contributed by atoms with Gasteiger partial charge in [-0.15, -0.1) is 0 Å². The van der Waals surface area contributed by atoms with Crippen molar-refractivity contribution in [3.05, 3.63) is 77.4 Å². The molecule has 2 heteroatoms. The van der Waals surface area contributed by atoms with Crippen LogP contribution in [-0.4, -0.2) is 0 Å². The van der Waals surface area contributed by atoms with E-state index in [2.05, 4.69) is 0 Å². The summed E-state index contributed by atoms with van der Waals surface area (Å²) in [7, 11) is 0. The third-order valence-electron chi connectivity index (χ3n) is 2.83. The first-order valence-corrected chi connectivity index (χ1v) is 6.31. The van der Waals surface area contributed by atoms with Gasteiger partial charge in [0.15, 0.2) is 0 Å². The molecule has 19 heavy (non-hydrogen) atoms. The summed E-state index contributed by atoms with van der Waals surface area (Å²) in [5.41, 5.74) is 1.47. The summed E-state index contributed by atoms with van der Waals surface area (Å²) in [5.74, 6) is -0.468. The minimum absolute atomic E-state index is 0.203. The minimum Gasteiger partial charge on any atom is -0.206 e. The van der Waals surface area contributed by atoms with E-state index in [4.69, 9.17) is 0 Å². The van der Waals surface area contributed by atoms with Gasteiger partial charge >= 0.3 is 0 Å². The molecule has 2 aromatic carbocycles. The molecular weight excluding hydrogens is 242 g/mol. The standard InChI is InChI=1S/C17H16F2/c1-12(2)11-15(13-7-3-5-9-16(13)18)14-8-4-6-10-17(14)19/h3-12H,1-2H3. The van der Waals surface area contributed by atoms with E-state index in [0.29, 0.717) is 16.7 Å². The van der Waals surface area contributed by atoms with E-state index in [1.54, 1.807) is 36.4 Å². The highest BCUT2D eigenvalue weighted by molar-refractivity contribution is 5.80. The summed E-state index contributed by atoms with van der Waals surface area (Å²) in [6, 6.07) is 12.9. The van der Waals surface area contributed by atoms with Crippen LogP contribution in [0, 0.1) is 17.6 Å². The molecule has 0 aromatic heterocycles. The molecule has 0 saturated carbocycles. The lowest BCUT2D eigenvalue weighted by Crippen LogP contribution is -1.97. The SMILES string of the molecule is CC(C)C=C(c1ccccc1F)c1ccccc1F. The fourth-order valence-electron chi connectivity index (χ4n) is 2.02. The van der Waals surface area contributed by atoms with Crippen molar-refractivity contribution >= 4 is 5.57 Å². The van der Waals surface area contributed by atoms with Gasteiger partial charge in [-0.25, -0.2) is 8.78 Å². The summed E-state index contributed by atoms with van der Waals surface area (Å²) >= 11 is 0. The molecule has 2 rings (SSSR count). The van der Waals surface area contributed by atoms with Gasteiger partial charge in [0, 0.05) is 11.1 Å². The van der Waals surface area contributed by atoms with Crippen molar-refractivity contribution in [1.29, 1.82) is 0 Å². The molecule has 0 amide bonds. The van der Waals surface area contributed by atoms with Crippen molar-refractivity contribution in [3.8, 4) is 0 Å². The van der Waals surface area contributed by atoms with E-state index in [-0.39, 0.29) is 17.6 Å². The van der Waals surface area contributed by atoms with E-state index in [0.717, 1.165) is 0 Å². The van der Waals surface area contributed by atoms with Crippen molar-refractivity contribution in [2.45, 2.75) is 13.8 Å². The number of rotatable bonds is 3. The molecular formula is C17H16F2. The number of allylic oxidation sites excluding steroid dienone is 1. The largest absolute Gasteiger partial charge is 0.206 e. The lowest BCUT2D eigenvalue weighted by Gasteiger charge is -2.12. The van der Waals surface area contributed by atoms with Gasteiger partial charge in [0.05, 0.1) is 0 Å². The van der Waals surface area contributed by atoms with Crippen LogP contribution in [0.4, 0.5) is 8.78 Å². The van der Waals surface area contributed by atoms with Crippen molar-refractivity contribution in [1.82, 2.24) is 0 Å². The quantitative estimate of drug-likeness (QED) is 0.722. The summed E-state index contributed by atoms with van der Waals surface area (Å²) < 4.78 is 27.9. The van der Waals surface area contributed by atoms with E-state index >= 15 is 0 Å². The first kappa shape index (κ1) is 13.5. The van der Waals surface area contributed by atoms with Crippen molar-refractivity contribution in [2.75, 3.05) is 0 Å². The van der Waals surface area contributed by atoms with Gasteiger partial charge < -0.3 is 0 Å². The Kier molecular flexibility index (Phi) is 4.10. The van der Waals surface area contributed by atoms with Gasteiger partial charge in [-0.2, -0.15) is 0 Å². The van der Waals surface area contributed by atoms with Gasteiger partial charge in [-0.3, -0.25) is 0 Å². The second-order valence-corrected chi connectivity index (χ2v) is 4.78. The van der Waals surface area contributed by atoms with Crippen molar-refractivity contribution < 1.29 is 8.78 Å². The van der Waals surface area contributed by atoms with E-state index in [9.17, 15) is 8.78 Å². The van der Waals surface area contributed by atoms with Gasteiger partial charge in [0.25, 0.3) is 0 Å². The predicted molar refractivity (Wildman–Crippen MR) is 74.7 cm³/mol. The number of halogens is 2. The zero-order valence-electron chi connectivity index (χ0n) is 11.0. The highest BCUT2D eigenvalue weighted by atomic mass is 19.1. The summed E-state index contributed by atoms with van der Waals surface area (Å²) in [5, 5.41) is 0. The molecule has 0 N–H and O–H groups in total. The molecule has 0 bridgehead atoms. The van der Waals surface area contributed by atoms with Crippen molar-refractivity contribution in [2.24, 2.45) is 5.92 Å². The van der Waals surface area contributed by atoms with Gasteiger partial charge in [0.1, 0.15) is 11.6 Å². The van der Waals surface area contributed by atoms with Gasteiger partial charge in [0.2, 0.25) is 0 Å². The van der Waals surface area contributed by atoms with Crippen LogP contribution in [0.15, 0.2) is 54.6 Å². The Morgan fingerprint density at radius 2 is 1.26 bits per heavy atom. The molecule has 0 aliphatic rings. The van der Waals surface area contributed by atoms with Gasteiger partial charge in [-0.1, -0.05) is 56.3 Å². The second kappa shape index (κ2) is 5.79. The van der Waals surface area contributed by atoms with Crippen LogP contribution >= 0.6 is 0 Å². The van der Waals surface area contributed by atoms with E-state index < -0.39 is 0 Å². The maximum atomic E-state index is 13.9. The highest BCUT2D eigenvalue weighted by Gasteiger charge is 2.13. The van der Waals surface area contributed by atoms with Crippen LogP contribution in [0.5, 0.6) is 0 Å². The molecule has 0 aliphatic carbocycles. The van der Waals surface area contributed by atoms with E-state index in [1.165, 1.54) is 12.1 Å². The molecule has 0 fully saturated rings. The highest BCUT2D eigenvalue weighted by Crippen LogP contribution is 2.28. The summed E-state index contributed by atoms with van der Waals surface area (Å²) in [4.78, 5) is 0. The number of benzene rings is 2. The fourth-order valence-corrected chi connectivity index (χ4v) is 2.02. The molecule has 0 unspecified atom stereocenters. The molecule has 0 spiro atoms. The molecule has 2 aromatic rings. The maximum absolute atomic E-state index is 13.9. The molecule has 0 radical (unpaired) electrons. The Labute approximate surface area is 112 Å². The molecule has 0 aliphatic heterocycles. The van der Waals surface area contributed by atoms with Crippen LogP contribution < -0.4 is 0 Å². The molecule has 0 atom stereocenters. The molecule has 98 valence electrons. The average Bonchev–Trinajstić information content (AvgIpc) is 2.37. The first-order chi connectivity index (χ1) is 9.09. The average molecular weight is 258 g/mol. The normalized spacial score (nSPS) is 10.6. The topological polar surface area (TPSA) is 0 Å². The van der Waals surface area contributed by atoms with Crippen LogP contribution in [0.25, 0.3) is 5.57 Å². The predicted octanol–water partition coefficient (Wildman–Crippen LogP) is 5.05. The first-order valence-electron chi connectivity index (χ1n) is 6.31. The lowest BCUT2D eigenvalue weighted by molar-refractivity contribution is 0.617. The zero-order valence-corrected chi connectivity index (χ0v) is 11.0. The Balaban J connectivity index is 2.62. The Morgan fingerprint density at radius 1 is 0.842 bits per heavy atom. The second-order valence-electron chi connectivity index (χ2n) is 4.78. The summed E-state index contributed by atoms with van der Waals surface area (Å²) in [6.45, 7) is 3.98. The minimum atomic E-state index is -0.336. The summed E-state index contributed by atoms with van der Waals surface area (Å²) in [6.07, 6.45) is 1.89. The maximum Gasteiger partial charge on any atom is 0.131 e. The third kappa shape index (κ3) is 3.08. The fraction of sp³-hybridized carbons (Fsp3) is 0.176. The molecule has 0 nitrogen and oxygen atoms in total. The Morgan fingerprint density at radius 3 is 1.63 bits per heavy atom. The Bertz CT molecular complexity index is 550. The lowest BCUT2D eigenvalue weighted by atomic mass is 9.94. The van der Waals surface area contributed by atoms with Crippen molar-refractivity contribution in [3.63, 3.8) is 0 Å². The molecule has 0 heterocycles. The van der Waals surface area contributed by atoms with Crippen LogP contribution in [0.3, 0.4) is 0 Å². The van der Waals surface area contributed by atoms with Gasteiger partial charge in [-0.05, 0) is 23.6 Å². The third-order valence-corrected chi connectivity index (χ3v) is 2.83. The molecule has 0 saturated heterocycles. The van der Waals surface area contributed by atoms with E-state index in [1.807, 2.05) is 19.9 Å². The van der Waals surface area contributed by atoms with Crippen LogP contribution in [-0.2, 0) is 0 Å². The number of hydrogen-bond donors (Lipinski definition) is 0. The van der Waals surface area contributed by atoms with Crippen LogP contribution in [0.1, 0.15) is 25.0 Å².